The number of methoxy groups -OCH3 is 1. The summed E-state index contributed by atoms with van der Waals surface area (Å²) in [7, 11) is 1.68. The molecule has 0 saturated carbocycles. The summed E-state index contributed by atoms with van der Waals surface area (Å²) in [6.45, 7) is 3.90. The molecule has 0 atom stereocenters. The van der Waals surface area contributed by atoms with E-state index in [1.165, 1.54) is 5.56 Å². The SMILES string of the molecule is COCCOCCNCCc1cccnc1. The minimum atomic E-state index is 0.662. The van der Waals surface area contributed by atoms with Gasteiger partial charge in [-0.25, -0.2) is 0 Å². The molecule has 1 aromatic rings. The maximum absolute atomic E-state index is 5.33. The van der Waals surface area contributed by atoms with Crippen LogP contribution in [0, 0.1) is 0 Å². The Kier molecular flexibility index (Phi) is 7.59. The molecule has 0 fully saturated rings. The third-order valence-electron chi connectivity index (χ3n) is 2.17. The van der Waals surface area contributed by atoms with Gasteiger partial charge in [0.05, 0.1) is 19.8 Å². The Morgan fingerprint density at radius 1 is 1.25 bits per heavy atom. The quantitative estimate of drug-likeness (QED) is 0.632. The molecule has 1 heterocycles. The van der Waals surface area contributed by atoms with E-state index in [9.17, 15) is 0 Å². The number of aromatic nitrogens is 1. The van der Waals surface area contributed by atoms with Gasteiger partial charge in [-0.3, -0.25) is 4.98 Å². The van der Waals surface area contributed by atoms with Gasteiger partial charge >= 0.3 is 0 Å². The van der Waals surface area contributed by atoms with Crippen molar-refractivity contribution in [1.82, 2.24) is 10.3 Å². The Morgan fingerprint density at radius 2 is 2.19 bits per heavy atom. The first-order valence-electron chi connectivity index (χ1n) is 5.60. The number of pyridine rings is 1. The van der Waals surface area contributed by atoms with E-state index in [-0.39, 0.29) is 0 Å². The largest absolute Gasteiger partial charge is 0.382 e. The molecule has 0 unspecified atom stereocenters. The first-order chi connectivity index (χ1) is 7.93. The number of hydrogen-bond acceptors (Lipinski definition) is 4. The smallest absolute Gasteiger partial charge is 0.0700 e. The lowest BCUT2D eigenvalue weighted by Gasteiger charge is -2.05. The van der Waals surface area contributed by atoms with E-state index >= 15 is 0 Å². The summed E-state index contributed by atoms with van der Waals surface area (Å²) in [5.74, 6) is 0. The van der Waals surface area contributed by atoms with Crippen LogP contribution in [0.4, 0.5) is 0 Å². The fourth-order valence-corrected chi connectivity index (χ4v) is 1.29. The van der Waals surface area contributed by atoms with Crippen molar-refractivity contribution in [1.29, 1.82) is 0 Å². The molecular formula is C12H20N2O2. The van der Waals surface area contributed by atoms with Gasteiger partial charge in [-0.2, -0.15) is 0 Å². The molecule has 0 aliphatic heterocycles. The topological polar surface area (TPSA) is 43.4 Å². The summed E-state index contributed by atoms with van der Waals surface area (Å²) in [4.78, 5) is 4.07. The van der Waals surface area contributed by atoms with E-state index in [0.717, 1.165) is 26.1 Å². The maximum Gasteiger partial charge on any atom is 0.0700 e. The van der Waals surface area contributed by atoms with Crippen LogP contribution in [-0.4, -0.2) is 45.0 Å². The van der Waals surface area contributed by atoms with Crippen molar-refractivity contribution >= 4 is 0 Å². The van der Waals surface area contributed by atoms with Crippen molar-refractivity contribution in [3.05, 3.63) is 30.1 Å². The zero-order valence-electron chi connectivity index (χ0n) is 9.82. The van der Waals surface area contributed by atoms with Crippen LogP contribution in [0.2, 0.25) is 0 Å². The highest BCUT2D eigenvalue weighted by molar-refractivity contribution is 5.08. The second kappa shape index (κ2) is 9.27. The van der Waals surface area contributed by atoms with E-state index < -0.39 is 0 Å². The van der Waals surface area contributed by atoms with E-state index in [4.69, 9.17) is 9.47 Å². The predicted octanol–water partition coefficient (Wildman–Crippen LogP) is 0.877. The van der Waals surface area contributed by atoms with Crippen LogP contribution in [0.5, 0.6) is 0 Å². The second-order valence-corrected chi connectivity index (χ2v) is 3.47. The molecule has 4 nitrogen and oxygen atoms in total. The molecule has 0 amide bonds. The summed E-state index contributed by atoms with van der Waals surface area (Å²) in [5, 5.41) is 3.32. The van der Waals surface area contributed by atoms with Crippen molar-refractivity contribution in [2.75, 3.05) is 40.0 Å². The highest BCUT2D eigenvalue weighted by atomic mass is 16.5. The second-order valence-electron chi connectivity index (χ2n) is 3.47. The molecule has 16 heavy (non-hydrogen) atoms. The monoisotopic (exact) mass is 224 g/mol. The van der Waals surface area contributed by atoms with Crippen molar-refractivity contribution < 1.29 is 9.47 Å². The highest BCUT2D eigenvalue weighted by Gasteiger charge is 1.92. The lowest BCUT2D eigenvalue weighted by molar-refractivity contribution is 0.0721. The zero-order chi connectivity index (χ0) is 11.5. The lowest BCUT2D eigenvalue weighted by atomic mass is 10.2. The Hall–Kier alpha value is -0.970. The molecule has 0 aliphatic rings. The summed E-state index contributed by atoms with van der Waals surface area (Å²) >= 11 is 0. The van der Waals surface area contributed by atoms with Crippen molar-refractivity contribution in [2.24, 2.45) is 0 Å². The molecule has 0 bridgehead atoms. The summed E-state index contributed by atoms with van der Waals surface area (Å²) in [5.41, 5.74) is 1.26. The van der Waals surface area contributed by atoms with Gasteiger partial charge in [-0.15, -0.1) is 0 Å². The fraction of sp³-hybridized carbons (Fsp3) is 0.583. The fourth-order valence-electron chi connectivity index (χ4n) is 1.29. The molecular weight excluding hydrogens is 204 g/mol. The molecule has 0 aliphatic carbocycles. The Labute approximate surface area is 97.0 Å². The van der Waals surface area contributed by atoms with Gasteiger partial charge in [-0.1, -0.05) is 6.07 Å². The van der Waals surface area contributed by atoms with Crippen molar-refractivity contribution in [3.63, 3.8) is 0 Å². The van der Waals surface area contributed by atoms with E-state index in [1.807, 2.05) is 12.3 Å². The third kappa shape index (κ3) is 6.50. The standard InChI is InChI=1S/C12H20N2O2/c1-15-9-10-16-8-7-13-6-4-12-3-2-5-14-11-12/h2-3,5,11,13H,4,6-10H2,1H3. The molecule has 4 heteroatoms. The lowest BCUT2D eigenvalue weighted by Crippen LogP contribution is -2.22. The van der Waals surface area contributed by atoms with Crippen LogP contribution in [-0.2, 0) is 15.9 Å². The number of nitrogens with one attached hydrogen (secondary N) is 1. The highest BCUT2D eigenvalue weighted by Crippen LogP contribution is 1.94. The van der Waals surface area contributed by atoms with Crippen LogP contribution in [0.15, 0.2) is 24.5 Å². The Bertz CT molecular complexity index is 254. The van der Waals surface area contributed by atoms with Gasteiger partial charge in [0.2, 0.25) is 0 Å². The van der Waals surface area contributed by atoms with Crippen LogP contribution in [0.1, 0.15) is 5.56 Å². The van der Waals surface area contributed by atoms with Crippen molar-refractivity contribution in [3.8, 4) is 0 Å². The third-order valence-corrected chi connectivity index (χ3v) is 2.17. The van der Waals surface area contributed by atoms with Gasteiger partial charge in [0.1, 0.15) is 0 Å². The van der Waals surface area contributed by atoms with Gasteiger partial charge < -0.3 is 14.8 Å². The first-order valence-corrected chi connectivity index (χ1v) is 5.60. The predicted molar refractivity (Wildman–Crippen MR) is 63.5 cm³/mol. The normalized spacial score (nSPS) is 10.6. The Balaban J connectivity index is 1.89. The van der Waals surface area contributed by atoms with Gasteiger partial charge in [-0.05, 0) is 24.6 Å². The molecule has 1 rings (SSSR count). The molecule has 0 saturated heterocycles. The van der Waals surface area contributed by atoms with Crippen LogP contribution in [0.25, 0.3) is 0 Å². The van der Waals surface area contributed by atoms with Gasteiger partial charge in [0, 0.05) is 26.0 Å². The molecule has 1 aromatic heterocycles. The molecule has 90 valence electrons. The molecule has 0 spiro atoms. The van der Waals surface area contributed by atoms with Crippen molar-refractivity contribution in [2.45, 2.75) is 6.42 Å². The van der Waals surface area contributed by atoms with E-state index in [0.29, 0.717) is 13.2 Å². The minimum absolute atomic E-state index is 0.662. The number of rotatable bonds is 9. The van der Waals surface area contributed by atoms with Crippen LogP contribution < -0.4 is 5.32 Å². The molecule has 0 radical (unpaired) electrons. The molecule has 0 aromatic carbocycles. The Morgan fingerprint density at radius 3 is 2.94 bits per heavy atom. The summed E-state index contributed by atoms with van der Waals surface area (Å²) in [6, 6.07) is 4.05. The van der Waals surface area contributed by atoms with Crippen LogP contribution >= 0.6 is 0 Å². The summed E-state index contributed by atoms with van der Waals surface area (Å²) in [6.07, 6.45) is 4.70. The van der Waals surface area contributed by atoms with E-state index in [1.54, 1.807) is 13.3 Å². The number of ether oxygens (including phenoxy) is 2. The maximum atomic E-state index is 5.33. The van der Waals surface area contributed by atoms with Gasteiger partial charge in [0.15, 0.2) is 0 Å². The number of nitrogens with zero attached hydrogens (tertiary/aromatic N) is 1. The average molecular weight is 224 g/mol. The zero-order valence-corrected chi connectivity index (χ0v) is 9.82. The molecule has 1 N–H and O–H groups in total. The average Bonchev–Trinajstić information content (AvgIpc) is 2.34. The summed E-state index contributed by atoms with van der Waals surface area (Å²) < 4.78 is 10.2. The number of hydrogen-bond donors (Lipinski definition) is 1. The first kappa shape index (κ1) is 13.1. The van der Waals surface area contributed by atoms with E-state index in [2.05, 4.69) is 16.4 Å². The minimum Gasteiger partial charge on any atom is -0.382 e. The van der Waals surface area contributed by atoms with Crippen LogP contribution in [0.3, 0.4) is 0 Å². The van der Waals surface area contributed by atoms with Gasteiger partial charge in [0.25, 0.3) is 0 Å².